The Morgan fingerprint density at radius 3 is 2.44 bits per heavy atom. The molecule has 0 saturated carbocycles. The molecule has 0 aliphatic heterocycles. The lowest BCUT2D eigenvalue weighted by molar-refractivity contribution is -0.136. The third-order valence-electron chi connectivity index (χ3n) is 4.85. The molecule has 0 spiro atoms. The maximum atomic E-state index is 12.4. The van der Waals surface area contributed by atoms with Crippen LogP contribution in [0, 0.1) is 6.92 Å². The zero-order valence-corrected chi connectivity index (χ0v) is 17.7. The minimum absolute atomic E-state index is 0.0781. The topological polar surface area (TPSA) is 147 Å². The molecule has 0 aliphatic carbocycles. The van der Waals surface area contributed by atoms with E-state index >= 15 is 0 Å². The number of urea groups is 1. The molecule has 0 aliphatic rings. The number of benzene rings is 2. The molecular formula is C23H24N4O5. The molecule has 0 radical (unpaired) electrons. The summed E-state index contributed by atoms with van der Waals surface area (Å²) in [4.78, 5) is 38.0. The second kappa shape index (κ2) is 9.69. The predicted octanol–water partition coefficient (Wildman–Crippen LogP) is 3.76. The molecule has 3 aromatic rings. The standard InChI is InChI=1S/C23H24N4O5/c1-13-3-9-18(32-2)17(11-13)27-23(31)26-16-7-4-14(5-8-16)20-15(6-10-19(28)29)12-25-21(20)22(24)30/h3-5,7-9,11-12,25H,6,10H2,1-2H3,(H2,24,30)(H,28,29)(H2,26,27,31). The summed E-state index contributed by atoms with van der Waals surface area (Å²) in [5.41, 5.74) is 9.61. The van der Waals surface area contributed by atoms with Crippen molar-refractivity contribution in [2.75, 3.05) is 17.7 Å². The van der Waals surface area contributed by atoms with Crippen LogP contribution >= 0.6 is 0 Å². The Hall–Kier alpha value is -4.27. The van der Waals surface area contributed by atoms with Gasteiger partial charge in [0, 0.05) is 23.9 Å². The Kier molecular flexibility index (Phi) is 6.79. The number of carbonyl (C=O) groups excluding carboxylic acids is 2. The van der Waals surface area contributed by atoms with Crippen molar-refractivity contribution in [2.24, 2.45) is 5.73 Å². The van der Waals surface area contributed by atoms with Gasteiger partial charge in [-0.2, -0.15) is 0 Å². The van der Waals surface area contributed by atoms with Crippen molar-refractivity contribution < 1.29 is 24.2 Å². The van der Waals surface area contributed by atoms with E-state index in [4.69, 9.17) is 15.6 Å². The van der Waals surface area contributed by atoms with Crippen molar-refractivity contribution in [3.63, 3.8) is 0 Å². The molecular weight excluding hydrogens is 412 g/mol. The van der Waals surface area contributed by atoms with Gasteiger partial charge in [-0.15, -0.1) is 0 Å². The van der Waals surface area contributed by atoms with Gasteiger partial charge < -0.3 is 31.2 Å². The minimum atomic E-state index is -0.937. The maximum Gasteiger partial charge on any atom is 0.323 e. The summed E-state index contributed by atoms with van der Waals surface area (Å²) in [7, 11) is 1.53. The number of rotatable bonds is 8. The third kappa shape index (κ3) is 5.25. The highest BCUT2D eigenvalue weighted by molar-refractivity contribution is 6.01. The Morgan fingerprint density at radius 2 is 1.81 bits per heavy atom. The number of aromatic amines is 1. The van der Waals surface area contributed by atoms with Crippen LogP contribution in [-0.4, -0.2) is 35.1 Å². The van der Waals surface area contributed by atoms with Crippen LogP contribution in [0.2, 0.25) is 0 Å². The molecule has 9 nitrogen and oxygen atoms in total. The number of aryl methyl sites for hydroxylation is 2. The molecule has 0 atom stereocenters. The second-order valence-electron chi connectivity index (χ2n) is 7.18. The molecule has 3 rings (SSSR count). The lowest BCUT2D eigenvalue weighted by Gasteiger charge is -2.12. The fourth-order valence-electron chi connectivity index (χ4n) is 3.35. The van der Waals surface area contributed by atoms with Crippen LogP contribution in [0.25, 0.3) is 11.1 Å². The van der Waals surface area contributed by atoms with E-state index < -0.39 is 17.9 Å². The number of methoxy groups -OCH3 is 1. The first-order valence-electron chi connectivity index (χ1n) is 9.83. The van der Waals surface area contributed by atoms with Crippen LogP contribution < -0.4 is 21.1 Å². The van der Waals surface area contributed by atoms with Crippen molar-refractivity contribution in [3.05, 3.63) is 65.5 Å². The van der Waals surface area contributed by atoms with Gasteiger partial charge >= 0.3 is 12.0 Å². The smallest absolute Gasteiger partial charge is 0.323 e. The van der Waals surface area contributed by atoms with Gasteiger partial charge in [0.05, 0.1) is 12.8 Å². The van der Waals surface area contributed by atoms with Crippen molar-refractivity contribution in [3.8, 4) is 16.9 Å². The molecule has 3 amide bonds. The Morgan fingerprint density at radius 1 is 1.09 bits per heavy atom. The van der Waals surface area contributed by atoms with Crippen molar-refractivity contribution in [1.82, 2.24) is 4.98 Å². The normalized spacial score (nSPS) is 10.4. The van der Waals surface area contributed by atoms with Crippen LogP contribution in [0.3, 0.4) is 0 Å². The largest absolute Gasteiger partial charge is 0.495 e. The summed E-state index contributed by atoms with van der Waals surface area (Å²) in [6.07, 6.45) is 1.76. The van der Waals surface area contributed by atoms with Crippen LogP contribution in [-0.2, 0) is 11.2 Å². The number of ether oxygens (including phenoxy) is 1. The number of hydrogen-bond donors (Lipinski definition) is 5. The molecule has 9 heteroatoms. The molecule has 1 heterocycles. The molecule has 6 N–H and O–H groups in total. The number of nitrogens with two attached hydrogens (primary N) is 1. The number of aliphatic carboxylic acids is 1. The lowest BCUT2D eigenvalue weighted by atomic mass is 9.98. The average Bonchev–Trinajstić information content (AvgIpc) is 3.17. The van der Waals surface area contributed by atoms with E-state index in [0.717, 1.165) is 5.56 Å². The van der Waals surface area contributed by atoms with E-state index in [1.807, 2.05) is 13.0 Å². The van der Waals surface area contributed by atoms with Crippen molar-refractivity contribution in [2.45, 2.75) is 19.8 Å². The molecule has 2 aromatic carbocycles. The number of carboxylic acid groups (broad SMARTS) is 1. The zero-order chi connectivity index (χ0) is 23.3. The lowest BCUT2D eigenvalue weighted by Crippen LogP contribution is -2.19. The molecule has 0 saturated heterocycles. The predicted molar refractivity (Wildman–Crippen MR) is 121 cm³/mol. The van der Waals surface area contributed by atoms with E-state index in [0.29, 0.717) is 33.8 Å². The summed E-state index contributed by atoms with van der Waals surface area (Å²) in [6, 6.07) is 11.8. The fourth-order valence-corrected chi connectivity index (χ4v) is 3.35. The van der Waals surface area contributed by atoms with E-state index in [2.05, 4.69) is 15.6 Å². The van der Waals surface area contributed by atoms with Crippen LogP contribution in [0.15, 0.2) is 48.7 Å². The fraction of sp³-hybridized carbons (Fsp3) is 0.174. The monoisotopic (exact) mass is 436 g/mol. The molecule has 32 heavy (non-hydrogen) atoms. The first-order chi connectivity index (χ1) is 15.3. The van der Waals surface area contributed by atoms with Crippen LogP contribution in [0.1, 0.15) is 28.0 Å². The number of amides is 3. The number of carboxylic acids is 1. The molecule has 1 aromatic heterocycles. The summed E-state index contributed by atoms with van der Waals surface area (Å²) in [5.74, 6) is -1.04. The average molecular weight is 436 g/mol. The highest BCUT2D eigenvalue weighted by atomic mass is 16.5. The van der Waals surface area contributed by atoms with Crippen molar-refractivity contribution in [1.29, 1.82) is 0 Å². The van der Waals surface area contributed by atoms with Gasteiger partial charge in [-0.1, -0.05) is 18.2 Å². The number of hydrogen-bond acceptors (Lipinski definition) is 4. The first-order valence-corrected chi connectivity index (χ1v) is 9.83. The number of H-pyrrole nitrogens is 1. The summed E-state index contributed by atoms with van der Waals surface area (Å²) in [6.45, 7) is 1.91. The minimum Gasteiger partial charge on any atom is -0.495 e. The molecule has 0 fully saturated rings. The number of nitrogens with one attached hydrogen (secondary N) is 3. The SMILES string of the molecule is COc1ccc(C)cc1NC(=O)Nc1ccc(-c2c(CCC(=O)O)c[nH]c2C(N)=O)cc1. The summed E-state index contributed by atoms with van der Waals surface area (Å²) in [5, 5.41) is 14.5. The van der Waals surface area contributed by atoms with Crippen LogP contribution in [0.5, 0.6) is 5.75 Å². The number of carbonyl (C=O) groups is 3. The quantitative estimate of drug-likeness (QED) is 0.365. The van der Waals surface area contributed by atoms with E-state index in [9.17, 15) is 14.4 Å². The molecule has 0 unspecified atom stereocenters. The van der Waals surface area contributed by atoms with Gasteiger partial charge in [-0.25, -0.2) is 4.79 Å². The highest BCUT2D eigenvalue weighted by Gasteiger charge is 2.18. The summed E-state index contributed by atoms with van der Waals surface area (Å²) >= 11 is 0. The number of aromatic nitrogens is 1. The highest BCUT2D eigenvalue weighted by Crippen LogP contribution is 2.30. The van der Waals surface area contributed by atoms with Crippen molar-refractivity contribution >= 4 is 29.3 Å². The van der Waals surface area contributed by atoms with E-state index in [1.54, 1.807) is 42.6 Å². The van der Waals surface area contributed by atoms with Gasteiger partial charge in [-0.3, -0.25) is 9.59 Å². The van der Waals surface area contributed by atoms with Gasteiger partial charge in [0.2, 0.25) is 0 Å². The maximum absolute atomic E-state index is 12.4. The third-order valence-corrected chi connectivity index (χ3v) is 4.85. The molecule has 166 valence electrons. The number of anilines is 2. The number of primary amides is 1. The van der Waals surface area contributed by atoms with Gasteiger partial charge in [0.15, 0.2) is 0 Å². The Labute approximate surface area is 184 Å². The van der Waals surface area contributed by atoms with Gasteiger partial charge in [0.1, 0.15) is 11.4 Å². The van der Waals surface area contributed by atoms with E-state index in [-0.39, 0.29) is 18.5 Å². The Bertz CT molecular complexity index is 1150. The van der Waals surface area contributed by atoms with E-state index in [1.165, 1.54) is 7.11 Å². The van der Waals surface area contributed by atoms with Crippen LogP contribution in [0.4, 0.5) is 16.2 Å². The summed E-state index contributed by atoms with van der Waals surface area (Å²) < 4.78 is 5.26. The second-order valence-corrected chi connectivity index (χ2v) is 7.18. The van der Waals surface area contributed by atoms with Gasteiger partial charge in [0.25, 0.3) is 5.91 Å². The molecule has 0 bridgehead atoms. The first kappa shape index (κ1) is 22.4. The zero-order valence-electron chi connectivity index (χ0n) is 17.7. The van der Waals surface area contributed by atoms with Gasteiger partial charge in [-0.05, 0) is 54.3 Å². The Balaban J connectivity index is 1.78.